The lowest BCUT2D eigenvalue weighted by atomic mass is 10.2. The summed E-state index contributed by atoms with van der Waals surface area (Å²) in [5, 5.41) is 1.27. The summed E-state index contributed by atoms with van der Waals surface area (Å²) in [6, 6.07) is 17.2. The Morgan fingerprint density at radius 2 is 1.71 bits per heavy atom. The van der Waals surface area contributed by atoms with Gasteiger partial charge in [-0.2, -0.15) is 4.31 Å². The second-order valence-electron chi connectivity index (χ2n) is 5.61. The van der Waals surface area contributed by atoms with Crippen LogP contribution in [0.25, 0.3) is 0 Å². The van der Waals surface area contributed by atoms with Crippen LogP contribution in [-0.2, 0) is 27.9 Å². The minimum atomic E-state index is -3.38. The highest BCUT2D eigenvalue weighted by Crippen LogP contribution is 2.23. The molecular weight excluding hydrogens is 390 g/mol. The minimum Gasteiger partial charge on any atom is -0.375 e. The third-order valence-electron chi connectivity index (χ3n) is 3.82. The van der Waals surface area contributed by atoms with Crippen LogP contribution in [0.2, 0.25) is 0 Å². The maximum absolute atomic E-state index is 12.3. The maximum Gasteiger partial charge on any atom is 0.236 e. The van der Waals surface area contributed by atoms with Gasteiger partial charge in [0.2, 0.25) is 10.0 Å². The number of ether oxygens (including phenoxy) is 1. The van der Waals surface area contributed by atoms with Crippen molar-refractivity contribution in [3.05, 3.63) is 81.7 Å². The Kier molecular flexibility index (Phi) is 5.50. The van der Waals surface area contributed by atoms with E-state index in [1.165, 1.54) is 9.71 Å². The first-order valence-corrected chi connectivity index (χ1v) is 9.90. The van der Waals surface area contributed by atoms with E-state index in [4.69, 9.17) is 4.74 Å². The predicted molar refractivity (Wildman–Crippen MR) is 97.6 cm³/mol. The Hall–Kier alpha value is -1.47. The largest absolute Gasteiger partial charge is 0.375 e. The molecule has 0 bridgehead atoms. The van der Waals surface area contributed by atoms with Gasteiger partial charge in [-0.15, -0.1) is 0 Å². The molecule has 0 amide bonds. The van der Waals surface area contributed by atoms with Crippen LogP contribution in [0, 0.1) is 0 Å². The van der Waals surface area contributed by atoms with Gasteiger partial charge in [0.15, 0.2) is 0 Å². The molecule has 0 saturated carbocycles. The molecule has 0 N–H and O–H groups in total. The molecule has 6 heteroatoms. The van der Waals surface area contributed by atoms with Crippen molar-refractivity contribution in [3.8, 4) is 0 Å². The van der Waals surface area contributed by atoms with Crippen LogP contribution in [0.15, 0.2) is 70.6 Å². The molecule has 1 aliphatic rings. The van der Waals surface area contributed by atoms with Gasteiger partial charge in [-0.05, 0) is 23.3 Å². The first-order valence-electron chi connectivity index (χ1n) is 7.61. The van der Waals surface area contributed by atoms with Crippen LogP contribution < -0.4 is 0 Å². The van der Waals surface area contributed by atoms with E-state index in [1.54, 1.807) is 6.08 Å². The highest BCUT2D eigenvalue weighted by atomic mass is 79.9. The molecule has 1 aliphatic heterocycles. The van der Waals surface area contributed by atoms with Crippen molar-refractivity contribution >= 4 is 26.0 Å². The normalized spacial score (nSPS) is 19.6. The smallest absolute Gasteiger partial charge is 0.236 e. The average Bonchev–Trinajstić information content (AvgIpc) is 2.86. The van der Waals surface area contributed by atoms with Crippen LogP contribution in [0.1, 0.15) is 11.1 Å². The number of rotatable bonds is 6. The van der Waals surface area contributed by atoms with Crippen LogP contribution in [0.3, 0.4) is 0 Å². The van der Waals surface area contributed by atoms with Crippen molar-refractivity contribution in [3.63, 3.8) is 0 Å². The van der Waals surface area contributed by atoms with Gasteiger partial charge in [0.1, 0.15) is 0 Å². The molecule has 1 heterocycles. The molecule has 24 heavy (non-hydrogen) atoms. The van der Waals surface area contributed by atoms with Gasteiger partial charge in [-0.3, -0.25) is 0 Å². The molecule has 3 rings (SSSR count). The van der Waals surface area contributed by atoms with Gasteiger partial charge >= 0.3 is 0 Å². The third kappa shape index (κ3) is 4.33. The fraction of sp³-hybridized carbons (Fsp3) is 0.222. The highest BCUT2D eigenvalue weighted by Gasteiger charge is 2.32. The molecule has 0 fully saturated rings. The number of hydrogen-bond donors (Lipinski definition) is 0. The van der Waals surface area contributed by atoms with E-state index >= 15 is 0 Å². The summed E-state index contributed by atoms with van der Waals surface area (Å²) in [6.07, 6.45) is 1.69. The maximum atomic E-state index is 12.3. The molecule has 0 saturated heterocycles. The summed E-state index contributed by atoms with van der Waals surface area (Å²) in [5.41, 5.74) is 2.01. The lowest BCUT2D eigenvalue weighted by Crippen LogP contribution is -2.36. The van der Waals surface area contributed by atoms with E-state index in [0.29, 0.717) is 19.8 Å². The lowest BCUT2D eigenvalue weighted by Gasteiger charge is -2.23. The number of sulfonamides is 1. The Labute approximate surface area is 150 Å². The van der Waals surface area contributed by atoms with Crippen molar-refractivity contribution in [2.75, 3.05) is 6.61 Å². The fourth-order valence-corrected chi connectivity index (χ4v) is 4.18. The quantitative estimate of drug-likeness (QED) is 0.733. The molecule has 2 aromatic rings. The number of nitrogens with zero attached hydrogens (tertiary/aromatic N) is 1. The minimum absolute atomic E-state index is 0.276. The first-order chi connectivity index (χ1) is 11.5. The fourth-order valence-electron chi connectivity index (χ4n) is 2.54. The van der Waals surface area contributed by atoms with Crippen LogP contribution in [0.5, 0.6) is 0 Å². The first kappa shape index (κ1) is 17.4. The molecule has 0 spiro atoms. The number of hydrogen-bond acceptors (Lipinski definition) is 3. The zero-order valence-corrected chi connectivity index (χ0v) is 15.4. The second kappa shape index (κ2) is 7.61. The third-order valence-corrected chi connectivity index (χ3v) is 5.90. The SMILES string of the molecule is O=S1(=O)C=C[C@@H](COCc2ccccc2)N1Cc1ccc(Br)cc1. The summed E-state index contributed by atoms with van der Waals surface area (Å²) in [6.45, 7) is 1.14. The lowest BCUT2D eigenvalue weighted by molar-refractivity contribution is 0.0913. The van der Waals surface area contributed by atoms with E-state index in [-0.39, 0.29) is 6.04 Å². The van der Waals surface area contributed by atoms with E-state index in [2.05, 4.69) is 15.9 Å². The summed E-state index contributed by atoms with van der Waals surface area (Å²) in [7, 11) is -3.38. The number of halogens is 1. The summed E-state index contributed by atoms with van der Waals surface area (Å²) in [4.78, 5) is 0. The van der Waals surface area contributed by atoms with Crippen molar-refractivity contribution in [1.82, 2.24) is 4.31 Å². The van der Waals surface area contributed by atoms with E-state index < -0.39 is 10.0 Å². The second-order valence-corrected chi connectivity index (χ2v) is 8.30. The van der Waals surface area contributed by atoms with E-state index in [0.717, 1.165) is 15.6 Å². The zero-order valence-electron chi connectivity index (χ0n) is 13.0. The molecule has 0 aromatic heterocycles. The molecule has 0 radical (unpaired) electrons. The molecule has 126 valence electrons. The van der Waals surface area contributed by atoms with Crippen LogP contribution >= 0.6 is 15.9 Å². The monoisotopic (exact) mass is 407 g/mol. The summed E-state index contributed by atoms with van der Waals surface area (Å²) in [5.74, 6) is 0. The van der Waals surface area contributed by atoms with Crippen molar-refractivity contribution in [2.24, 2.45) is 0 Å². The highest BCUT2D eigenvalue weighted by molar-refractivity contribution is 9.10. The van der Waals surface area contributed by atoms with Gasteiger partial charge < -0.3 is 4.74 Å². The molecular formula is C18H18BrNO3S. The van der Waals surface area contributed by atoms with Crippen molar-refractivity contribution in [2.45, 2.75) is 19.2 Å². The molecule has 0 aliphatic carbocycles. The van der Waals surface area contributed by atoms with Gasteiger partial charge in [0, 0.05) is 16.4 Å². The van der Waals surface area contributed by atoms with Crippen molar-refractivity contribution in [1.29, 1.82) is 0 Å². The molecule has 2 aromatic carbocycles. The standard InChI is InChI=1S/C18H18BrNO3S/c19-17-8-6-15(7-9-17)12-20-18(10-11-24(20,21)22)14-23-13-16-4-2-1-3-5-16/h1-11,18H,12-14H2/t18-/m0/s1. The Balaban J connectivity index is 1.63. The average molecular weight is 408 g/mol. The summed E-state index contributed by atoms with van der Waals surface area (Å²) < 4.78 is 32.7. The topological polar surface area (TPSA) is 46.6 Å². The Bertz CT molecular complexity index is 804. The van der Waals surface area contributed by atoms with Gasteiger partial charge in [0.05, 0.1) is 19.3 Å². The Morgan fingerprint density at radius 1 is 1.00 bits per heavy atom. The molecule has 1 atom stereocenters. The molecule has 4 nitrogen and oxygen atoms in total. The van der Waals surface area contributed by atoms with Crippen LogP contribution in [-0.4, -0.2) is 25.4 Å². The Morgan fingerprint density at radius 3 is 2.42 bits per heavy atom. The number of benzene rings is 2. The van der Waals surface area contributed by atoms with E-state index in [1.807, 2.05) is 54.6 Å². The summed E-state index contributed by atoms with van der Waals surface area (Å²) >= 11 is 3.38. The van der Waals surface area contributed by atoms with Crippen molar-refractivity contribution < 1.29 is 13.2 Å². The molecule has 0 unspecified atom stereocenters. The van der Waals surface area contributed by atoms with Gasteiger partial charge in [0.25, 0.3) is 0 Å². The van der Waals surface area contributed by atoms with Gasteiger partial charge in [-0.1, -0.05) is 64.5 Å². The van der Waals surface area contributed by atoms with Crippen LogP contribution in [0.4, 0.5) is 0 Å². The van der Waals surface area contributed by atoms with Gasteiger partial charge in [-0.25, -0.2) is 8.42 Å². The zero-order chi connectivity index (χ0) is 17.0. The van der Waals surface area contributed by atoms with E-state index in [9.17, 15) is 8.42 Å². The predicted octanol–water partition coefficient (Wildman–Crippen LogP) is 3.69.